The average Bonchev–Trinajstić information content (AvgIpc) is 3.22. The van der Waals surface area contributed by atoms with Gasteiger partial charge in [0.25, 0.3) is 5.91 Å². The number of benzene rings is 2. The van der Waals surface area contributed by atoms with Gasteiger partial charge in [0, 0.05) is 29.5 Å². The van der Waals surface area contributed by atoms with E-state index < -0.39 is 28.6 Å². The largest absolute Gasteiger partial charge is 0.502 e. The molecular formula is C25H19B6N3O6. The molecule has 1 N–H and O–H groups in total. The first-order valence-corrected chi connectivity index (χ1v) is 12.5. The summed E-state index contributed by atoms with van der Waals surface area (Å²) in [5.74, 6) is -1.52. The number of nitrogens with one attached hydrogen (secondary N) is 1. The predicted octanol–water partition coefficient (Wildman–Crippen LogP) is -3.13. The van der Waals surface area contributed by atoms with Crippen molar-refractivity contribution in [1.82, 2.24) is 15.1 Å². The van der Waals surface area contributed by atoms with Crippen molar-refractivity contribution in [2.45, 2.75) is 36.2 Å². The van der Waals surface area contributed by atoms with Crippen LogP contribution in [0.4, 0.5) is 0 Å². The summed E-state index contributed by atoms with van der Waals surface area (Å²) in [5.41, 5.74) is 1.16. The maximum atomic E-state index is 13.1. The number of rotatable bonds is 6. The van der Waals surface area contributed by atoms with E-state index in [0.29, 0.717) is 11.1 Å². The van der Waals surface area contributed by atoms with Crippen LogP contribution in [0.2, 0.25) is 0 Å². The van der Waals surface area contributed by atoms with Crippen LogP contribution >= 0.6 is 0 Å². The highest BCUT2D eigenvalue weighted by atomic mass is 16.5. The highest BCUT2D eigenvalue weighted by Crippen LogP contribution is 2.36. The van der Waals surface area contributed by atoms with Crippen molar-refractivity contribution in [3.8, 4) is 5.75 Å². The maximum absolute atomic E-state index is 13.1. The van der Waals surface area contributed by atoms with E-state index in [1.165, 1.54) is 21.9 Å². The minimum atomic E-state index is -2.03. The van der Waals surface area contributed by atoms with Gasteiger partial charge < -0.3 is 19.3 Å². The predicted molar refractivity (Wildman–Crippen MR) is 149 cm³/mol. The van der Waals surface area contributed by atoms with Crippen LogP contribution in [0.15, 0.2) is 30.3 Å². The first-order valence-electron chi connectivity index (χ1n) is 12.5. The number of amides is 4. The van der Waals surface area contributed by atoms with Gasteiger partial charge in [-0.1, -0.05) is 29.1 Å². The van der Waals surface area contributed by atoms with Gasteiger partial charge in [0.2, 0.25) is 17.7 Å². The van der Waals surface area contributed by atoms with Gasteiger partial charge in [-0.25, -0.2) is 0 Å². The minimum absolute atomic E-state index is 0.0414. The number of fused-ring (bicyclic) bond motifs is 1. The van der Waals surface area contributed by atoms with Crippen molar-refractivity contribution in [3.05, 3.63) is 52.6 Å². The Labute approximate surface area is 239 Å². The fourth-order valence-electron chi connectivity index (χ4n) is 5.26. The molecule has 0 spiro atoms. The summed E-state index contributed by atoms with van der Waals surface area (Å²) >= 11 is 0. The second-order valence-electron chi connectivity index (χ2n) is 10.0. The van der Waals surface area contributed by atoms with Crippen molar-refractivity contribution in [3.63, 3.8) is 0 Å². The molecule has 1 atom stereocenters. The van der Waals surface area contributed by atoms with E-state index in [4.69, 9.17) is 56.6 Å². The normalized spacial score (nSPS) is 19.9. The Morgan fingerprint density at radius 2 is 1.70 bits per heavy atom. The van der Waals surface area contributed by atoms with Crippen LogP contribution in [-0.2, 0) is 36.4 Å². The first-order chi connectivity index (χ1) is 18.8. The number of morpholine rings is 1. The third-order valence-electron chi connectivity index (χ3n) is 7.32. The summed E-state index contributed by atoms with van der Waals surface area (Å²) in [6, 6.07) is 6.72. The van der Waals surface area contributed by atoms with Crippen LogP contribution in [0.1, 0.15) is 39.9 Å². The van der Waals surface area contributed by atoms with E-state index in [1.807, 2.05) is 0 Å². The van der Waals surface area contributed by atoms with Crippen LogP contribution in [0.25, 0.3) is 0 Å². The zero-order valence-corrected chi connectivity index (χ0v) is 21.5. The molecule has 15 heteroatoms. The standard InChI is InChI=1S/C25H19B6N3O6/c26-16-9-15(17(27)8-14(16)24(28,29)34-6-7-39-11-21(34)36)25(30,31)40-19-3-1-2-12-13(19)10-33(23(12)38)18-4-5-20(35)32-22(18)37/h1-3,8-9,18H,4-7,10-11H2,(H,32,35,37). The number of carbonyl (C=O) groups is 4. The van der Waals surface area contributed by atoms with Crippen LogP contribution in [0.5, 0.6) is 5.75 Å². The Hall–Kier alpha value is -3.33. The van der Waals surface area contributed by atoms with Crippen molar-refractivity contribution in [2.24, 2.45) is 0 Å². The van der Waals surface area contributed by atoms with Gasteiger partial charge in [-0.2, -0.15) is 0 Å². The van der Waals surface area contributed by atoms with Gasteiger partial charge in [-0.3, -0.25) is 24.5 Å². The number of carbonyl (C=O) groups excluding carboxylic acids is 4. The van der Waals surface area contributed by atoms with Crippen molar-refractivity contribution < 1.29 is 28.7 Å². The highest BCUT2D eigenvalue weighted by molar-refractivity contribution is 6.46. The number of nitrogens with zero attached hydrogens (tertiary/aromatic N) is 2. The molecule has 0 bridgehead atoms. The molecule has 4 amide bonds. The minimum Gasteiger partial charge on any atom is -0.502 e. The van der Waals surface area contributed by atoms with E-state index in [1.54, 1.807) is 18.2 Å². The molecule has 2 aromatic carbocycles. The van der Waals surface area contributed by atoms with Crippen molar-refractivity contribution in [2.75, 3.05) is 19.8 Å². The molecule has 188 valence electrons. The summed E-state index contributed by atoms with van der Waals surface area (Å²) in [6.45, 7) is 0.279. The van der Waals surface area contributed by atoms with Gasteiger partial charge in [0.1, 0.15) is 49.8 Å². The SMILES string of the molecule is [B]c1cc(C([B])([B])N2CCOCC2=O)c([B])cc1C([B])([B])Oc1cccc2c1CN(C1CCC(=O)NC1=O)C2=O. The molecule has 12 radical (unpaired) electrons. The lowest BCUT2D eigenvalue weighted by Crippen LogP contribution is -2.57. The molecule has 3 aliphatic rings. The van der Waals surface area contributed by atoms with Gasteiger partial charge in [0.05, 0.1) is 28.8 Å². The number of hydrogen-bond acceptors (Lipinski definition) is 6. The molecule has 0 aromatic heterocycles. The molecule has 2 aromatic rings. The number of hydrogen-bond donors (Lipinski definition) is 1. The summed E-state index contributed by atoms with van der Waals surface area (Å²) in [6.07, 6.45) is 0.332. The topological polar surface area (TPSA) is 105 Å². The molecule has 9 nitrogen and oxygen atoms in total. The van der Waals surface area contributed by atoms with Gasteiger partial charge in [-0.15, -0.1) is 0 Å². The zero-order chi connectivity index (χ0) is 29.0. The van der Waals surface area contributed by atoms with E-state index >= 15 is 0 Å². The number of imide groups is 1. The molecule has 5 rings (SSSR count). The quantitative estimate of drug-likeness (QED) is 0.318. The second kappa shape index (κ2) is 10.3. The molecule has 1 unspecified atom stereocenters. The van der Waals surface area contributed by atoms with Crippen molar-refractivity contribution in [1.29, 1.82) is 0 Å². The molecule has 3 aliphatic heterocycles. The first kappa shape index (κ1) is 28.2. The molecule has 3 heterocycles. The fraction of sp³-hybridized carbons (Fsp3) is 0.360. The van der Waals surface area contributed by atoms with E-state index in [-0.39, 0.29) is 78.8 Å². The lowest BCUT2D eigenvalue weighted by atomic mass is 9.52. The zero-order valence-electron chi connectivity index (χ0n) is 21.5. The fourth-order valence-corrected chi connectivity index (χ4v) is 5.26. The summed E-state index contributed by atoms with van der Waals surface area (Å²) in [4.78, 5) is 52.1. The maximum Gasteiger partial charge on any atom is 0.255 e. The van der Waals surface area contributed by atoms with Gasteiger partial charge >= 0.3 is 0 Å². The Morgan fingerprint density at radius 3 is 2.40 bits per heavy atom. The Morgan fingerprint density at radius 1 is 1.00 bits per heavy atom. The average molecular weight is 522 g/mol. The second-order valence-corrected chi connectivity index (χ2v) is 10.0. The lowest BCUT2D eigenvalue weighted by Gasteiger charge is -2.44. The van der Waals surface area contributed by atoms with E-state index in [0.717, 1.165) is 0 Å². The van der Waals surface area contributed by atoms with Gasteiger partial charge in [-0.05, 0) is 35.0 Å². The van der Waals surface area contributed by atoms with Crippen LogP contribution in [-0.4, -0.2) is 106 Å². The smallest absolute Gasteiger partial charge is 0.255 e. The summed E-state index contributed by atoms with van der Waals surface area (Å²) in [7, 11) is 38.0. The van der Waals surface area contributed by atoms with Gasteiger partial charge in [0.15, 0.2) is 0 Å². The van der Waals surface area contributed by atoms with Crippen LogP contribution < -0.4 is 21.0 Å². The molecule has 40 heavy (non-hydrogen) atoms. The lowest BCUT2D eigenvalue weighted by molar-refractivity contribution is -0.145. The summed E-state index contributed by atoms with van der Waals surface area (Å²) < 4.78 is 11.1. The molecule has 0 saturated carbocycles. The Kier molecular flexibility index (Phi) is 7.23. The molecule has 2 saturated heterocycles. The monoisotopic (exact) mass is 523 g/mol. The van der Waals surface area contributed by atoms with Crippen molar-refractivity contribution >= 4 is 81.6 Å². The summed E-state index contributed by atoms with van der Waals surface area (Å²) in [5, 5.41) is -1.55. The third-order valence-corrected chi connectivity index (χ3v) is 7.32. The van der Waals surface area contributed by atoms with Crippen LogP contribution in [0.3, 0.4) is 0 Å². The number of piperidine rings is 1. The molecule has 0 aliphatic carbocycles. The number of ether oxygens (including phenoxy) is 2. The van der Waals surface area contributed by atoms with E-state index in [2.05, 4.69) is 5.32 Å². The van der Waals surface area contributed by atoms with E-state index in [9.17, 15) is 19.2 Å². The van der Waals surface area contributed by atoms with Crippen LogP contribution in [0, 0.1) is 0 Å². The third kappa shape index (κ3) is 4.89. The molecule has 2 fully saturated rings. The Balaban J connectivity index is 1.42. The Bertz CT molecular complexity index is 1430. The molecular weight excluding hydrogens is 503 g/mol. The highest BCUT2D eigenvalue weighted by Gasteiger charge is 2.41.